The summed E-state index contributed by atoms with van der Waals surface area (Å²) in [5.41, 5.74) is -4.45. The number of fused-ring (bicyclic) bond motifs is 2. The van der Waals surface area contributed by atoms with Gasteiger partial charge in [-0.3, -0.25) is 19.2 Å². The van der Waals surface area contributed by atoms with E-state index in [-0.39, 0.29) is 47.6 Å². The average molecular weight is 610 g/mol. The van der Waals surface area contributed by atoms with Gasteiger partial charge in [-0.1, -0.05) is 6.07 Å². The summed E-state index contributed by atoms with van der Waals surface area (Å²) in [7, 11) is -1.99. The summed E-state index contributed by atoms with van der Waals surface area (Å²) in [6.45, 7) is 1.82. The zero-order chi connectivity index (χ0) is 30.1. The average Bonchev–Trinajstić information content (AvgIpc) is 3.55. The number of halogens is 2. The van der Waals surface area contributed by atoms with Crippen LogP contribution in [-0.2, 0) is 20.0 Å². The smallest absolute Gasteiger partial charge is 0.339 e. The van der Waals surface area contributed by atoms with E-state index in [2.05, 4.69) is 5.32 Å². The molecule has 220 valence electrons. The molecule has 2 aromatic rings. The maximum Gasteiger partial charge on any atom is 0.339 e. The Hall–Kier alpha value is -3.24. The first-order valence-electron chi connectivity index (χ1n) is 13.0. The maximum absolute atomic E-state index is 14.1. The fourth-order valence-electron chi connectivity index (χ4n) is 5.28. The van der Waals surface area contributed by atoms with Gasteiger partial charge in [0, 0.05) is 49.9 Å². The molecule has 3 N–H and O–H groups in total. The molecule has 11 nitrogen and oxygen atoms in total. The Morgan fingerprint density at radius 3 is 2.63 bits per heavy atom. The van der Waals surface area contributed by atoms with Gasteiger partial charge in [-0.25, -0.2) is 0 Å². The van der Waals surface area contributed by atoms with Crippen LogP contribution in [0.3, 0.4) is 0 Å². The number of amides is 4. The molecule has 1 aromatic heterocycles. The number of carbonyl (C=O) groups excluding carboxylic acids is 4. The summed E-state index contributed by atoms with van der Waals surface area (Å²) >= 11 is 1.01. The first kappa shape index (κ1) is 30.7. The Labute approximate surface area is 240 Å². The minimum Gasteiger partial charge on any atom is -0.346 e. The predicted molar refractivity (Wildman–Crippen MR) is 147 cm³/mol. The molecule has 4 rings (SSSR count). The lowest BCUT2D eigenvalue weighted by Gasteiger charge is -2.39. The second-order valence-electron chi connectivity index (χ2n) is 10.1. The van der Waals surface area contributed by atoms with Crippen LogP contribution in [0.25, 0.3) is 10.1 Å². The molecule has 0 spiro atoms. The number of likely N-dealkylation sites (N-methyl/N-ethyl adjacent to an activating group) is 1. The van der Waals surface area contributed by atoms with Crippen molar-refractivity contribution in [2.75, 3.05) is 26.7 Å². The van der Waals surface area contributed by atoms with Crippen LogP contribution in [0.15, 0.2) is 24.3 Å². The van der Waals surface area contributed by atoms with E-state index in [9.17, 15) is 28.0 Å². The summed E-state index contributed by atoms with van der Waals surface area (Å²) in [6, 6.07) is 4.63. The van der Waals surface area contributed by atoms with E-state index < -0.39 is 43.5 Å². The van der Waals surface area contributed by atoms with Crippen LogP contribution in [0.5, 0.6) is 0 Å². The van der Waals surface area contributed by atoms with E-state index in [1.165, 1.54) is 33.8 Å². The quantitative estimate of drug-likeness (QED) is 0.407. The number of benzene rings is 1. The Balaban J connectivity index is 1.60. The number of carbonyl (C=O) groups is 4. The van der Waals surface area contributed by atoms with Gasteiger partial charge in [-0.05, 0) is 42.8 Å². The van der Waals surface area contributed by atoms with Crippen molar-refractivity contribution in [1.29, 1.82) is 5.26 Å². The molecule has 0 unspecified atom stereocenters. The van der Waals surface area contributed by atoms with Gasteiger partial charge in [-0.15, -0.1) is 11.3 Å². The molecule has 2 aliphatic rings. The third-order valence-electron chi connectivity index (χ3n) is 7.50. The van der Waals surface area contributed by atoms with Crippen molar-refractivity contribution >= 4 is 53.4 Å². The number of rotatable bonds is 7. The van der Waals surface area contributed by atoms with Gasteiger partial charge in [0.1, 0.15) is 12.1 Å². The molecule has 2 saturated heterocycles. The number of thiophene rings is 1. The third kappa shape index (κ3) is 6.33. The molecule has 0 radical (unpaired) electrons. The summed E-state index contributed by atoms with van der Waals surface area (Å²) in [5, 5.41) is 11.9. The van der Waals surface area contributed by atoms with Crippen molar-refractivity contribution in [3.8, 4) is 6.07 Å². The number of nitriles is 1. The zero-order valence-electron chi connectivity index (χ0n) is 22.4. The molecule has 1 aromatic carbocycles. The first-order valence-corrected chi connectivity index (χ1v) is 15.0. The van der Waals surface area contributed by atoms with E-state index in [1.54, 1.807) is 7.05 Å². The lowest BCUT2D eigenvalue weighted by atomic mass is 10.1. The summed E-state index contributed by atoms with van der Waals surface area (Å²) < 4.78 is 28.8. The van der Waals surface area contributed by atoms with Crippen LogP contribution in [0.1, 0.15) is 47.8 Å². The van der Waals surface area contributed by atoms with Crippen LogP contribution in [0, 0.1) is 11.3 Å². The largest absolute Gasteiger partial charge is 0.346 e. The lowest BCUT2D eigenvalue weighted by molar-refractivity contribution is -0.148. The number of alkyl halides is 2. The molecule has 2 fully saturated rings. The first-order chi connectivity index (χ1) is 19.3. The van der Waals surface area contributed by atoms with E-state index in [1.807, 2.05) is 6.07 Å². The molecule has 41 heavy (non-hydrogen) atoms. The molecule has 2 aliphatic heterocycles. The Bertz CT molecular complexity index is 1400. The highest BCUT2D eigenvalue weighted by molar-refractivity contribution is 7.46. The van der Waals surface area contributed by atoms with E-state index in [0.717, 1.165) is 23.5 Å². The summed E-state index contributed by atoms with van der Waals surface area (Å²) in [5.74, 6) is -1.72. The van der Waals surface area contributed by atoms with E-state index in [0.29, 0.717) is 30.5 Å². The summed E-state index contributed by atoms with van der Waals surface area (Å²) in [4.78, 5) is 75.5. The normalized spacial score (nSPS) is 21.3. The van der Waals surface area contributed by atoms with Crippen molar-refractivity contribution in [1.82, 2.24) is 20.0 Å². The van der Waals surface area contributed by atoms with Crippen molar-refractivity contribution in [3.63, 3.8) is 0 Å². The fourth-order valence-corrected chi connectivity index (χ4v) is 6.60. The lowest BCUT2D eigenvalue weighted by Crippen LogP contribution is -2.61. The van der Waals surface area contributed by atoms with Crippen LogP contribution >= 0.6 is 19.7 Å². The number of hydrogen-bond acceptors (Lipinski definition) is 8. The van der Waals surface area contributed by atoms with Crippen LogP contribution < -0.4 is 5.32 Å². The molecular weight excluding hydrogens is 579 g/mol. The molecule has 4 amide bonds. The van der Waals surface area contributed by atoms with Gasteiger partial charge in [0.25, 0.3) is 5.91 Å². The summed E-state index contributed by atoms with van der Waals surface area (Å²) in [6.07, 6.45) is 1.59. The minimum absolute atomic E-state index is 0.105. The van der Waals surface area contributed by atoms with Gasteiger partial charge in [-0.2, -0.15) is 14.0 Å². The van der Waals surface area contributed by atoms with E-state index in [4.69, 9.17) is 15.0 Å². The maximum atomic E-state index is 14.1. The molecule has 3 atom stereocenters. The topological polar surface area (TPSA) is 154 Å². The highest BCUT2D eigenvalue weighted by Gasteiger charge is 2.46. The second kappa shape index (κ2) is 12.3. The standard InChI is InChI=1S/C26H30F2N5O6PS/c1-15(34)32-11-8-18-5-6-20(25(37)31(2)10-3-9-29)33(18)24(36)19(14-32)30-23(35)22-13-16-12-17(4-7-21(16)41-22)26(27,28)40(38)39/h4,7,12-13,18-20,38-39H,3,5-6,8,10-11,14H2,1-2H3,(H,30,35)/t18-,19+,20+/m1/s1. The van der Waals surface area contributed by atoms with Crippen LogP contribution in [-0.4, -0.2) is 92.9 Å². The second-order valence-corrected chi connectivity index (χ2v) is 12.4. The molecule has 15 heteroatoms. The minimum atomic E-state index is -3.85. The molecule has 0 aliphatic carbocycles. The fraction of sp³-hybridized carbons (Fsp3) is 0.500. The predicted octanol–water partition coefficient (Wildman–Crippen LogP) is 2.33. The Kier molecular flexibility index (Phi) is 9.23. The van der Waals surface area contributed by atoms with Gasteiger partial charge in [0.05, 0.1) is 17.4 Å². The van der Waals surface area contributed by atoms with Crippen molar-refractivity contribution in [2.24, 2.45) is 0 Å². The zero-order valence-corrected chi connectivity index (χ0v) is 24.1. The van der Waals surface area contributed by atoms with Gasteiger partial charge < -0.3 is 29.8 Å². The highest BCUT2D eigenvalue weighted by atomic mass is 32.1. The molecule has 0 bridgehead atoms. The van der Waals surface area contributed by atoms with Crippen molar-refractivity contribution < 1.29 is 37.7 Å². The SMILES string of the molecule is CC(=O)N1CC[C@H]2CC[C@@H](C(=O)N(C)CCC#N)N2C(=O)[C@@H](NC(=O)c2cc3cc(C(F)(F)P(O)O)ccc3s2)C1. The van der Waals surface area contributed by atoms with Gasteiger partial charge in [0.2, 0.25) is 26.1 Å². The number of nitrogens with zero attached hydrogens (tertiary/aromatic N) is 4. The Morgan fingerprint density at radius 2 is 1.98 bits per heavy atom. The molecule has 3 heterocycles. The van der Waals surface area contributed by atoms with Gasteiger partial charge >= 0.3 is 5.66 Å². The van der Waals surface area contributed by atoms with Gasteiger partial charge in [0.15, 0.2) is 0 Å². The molecular formula is C26H30F2N5O6PS. The third-order valence-corrected chi connectivity index (χ3v) is 9.38. The Morgan fingerprint density at radius 1 is 1.24 bits per heavy atom. The molecule has 0 saturated carbocycles. The van der Waals surface area contributed by atoms with E-state index >= 15 is 0 Å². The number of nitrogens with one attached hydrogen (secondary N) is 1. The van der Waals surface area contributed by atoms with Crippen LogP contribution in [0.2, 0.25) is 0 Å². The monoisotopic (exact) mass is 609 g/mol. The highest BCUT2D eigenvalue weighted by Crippen LogP contribution is 2.53. The van der Waals surface area contributed by atoms with Crippen molar-refractivity contribution in [2.45, 2.75) is 56.4 Å². The number of hydrogen-bond donors (Lipinski definition) is 3. The van der Waals surface area contributed by atoms with Crippen LogP contribution in [0.4, 0.5) is 8.78 Å². The van der Waals surface area contributed by atoms with Crippen molar-refractivity contribution in [3.05, 3.63) is 34.7 Å².